The Hall–Kier alpha value is -2.59. The molecule has 1 heterocycles. The van der Waals surface area contributed by atoms with Crippen LogP contribution in [0.2, 0.25) is 0 Å². The molecule has 0 saturated carbocycles. The van der Waals surface area contributed by atoms with Crippen molar-refractivity contribution in [3.63, 3.8) is 0 Å². The molecule has 3 rings (SSSR count). The molecule has 0 aliphatic rings. The fraction of sp³-hybridized carbons (Fsp3) is 0.227. The Labute approximate surface area is 159 Å². The van der Waals surface area contributed by atoms with Crippen LogP contribution >= 0.6 is 11.3 Å². The van der Waals surface area contributed by atoms with Crippen LogP contribution in [0, 0.1) is 0 Å². The van der Waals surface area contributed by atoms with Gasteiger partial charge in [-0.3, -0.25) is 4.79 Å². The van der Waals surface area contributed by atoms with Gasteiger partial charge in [-0.05, 0) is 42.5 Å². The van der Waals surface area contributed by atoms with Crippen LogP contribution in [-0.4, -0.2) is 25.5 Å². The number of carbonyl (C=O) groups is 1. The normalized spacial score (nSPS) is 10.5. The molecule has 0 aliphatic heterocycles. The van der Waals surface area contributed by atoms with Gasteiger partial charge in [0.15, 0.2) is 0 Å². The second-order valence-electron chi connectivity index (χ2n) is 6.05. The molecule has 0 spiro atoms. The fourth-order valence-corrected chi connectivity index (χ4v) is 3.82. The van der Waals surface area contributed by atoms with Gasteiger partial charge in [0.05, 0.1) is 4.88 Å². The minimum absolute atomic E-state index is 0.0154. The number of hydrogen-bond donors (Lipinski definition) is 1. The third-order valence-electron chi connectivity index (χ3n) is 4.35. The van der Waals surface area contributed by atoms with Crippen molar-refractivity contribution in [1.82, 2.24) is 5.32 Å². The lowest BCUT2D eigenvalue weighted by atomic mass is 10.1. The number of nitrogens with zero attached hydrogens (tertiary/aromatic N) is 1. The molecule has 1 aromatic heterocycles. The largest absolute Gasteiger partial charge is 0.372 e. The van der Waals surface area contributed by atoms with Crippen LogP contribution < -0.4 is 10.2 Å². The van der Waals surface area contributed by atoms with Crippen LogP contribution in [0.25, 0.3) is 11.1 Å². The van der Waals surface area contributed by atoms with Crippen molar-refractivity contribution in [2.75, 3.05) is 24.5 Å². The summed E-state index contributed by atoms with van der Waals surface area (Å²) in [7, 11) is 0. The molecule has 0 aliphatic carbocycles. The maximum Gasteiger partial charge on any atom is 0.261 e. The van der Waals surface area contributed by atoms with Crippen LogP contribution in [-0.2, 0) is 0 Å². The zero-order chi connectivity index (χ0) is 18.2. The molecule has 1 N–H and O–H groups in total. The summed E-state index contributed by atoms with van der Waals surface area (Å²) in [6.07, 6.45) is 0.917. The Morgan fingerprint density at radius 2 is 1.69 bits per heavy atom. The second kappa shape index (κ2) is 9.20. The van der Waals surface area contributed by atoms with Gasteiger partial charge in [-0.25, -0.2) is 0 Å². The molecule has 0 saturated heterocycles. The molecule has 0 fully saturated rings. The Morgan fingerprint density at radius 1 is 1.00 bits per heavy atom. The molecule has 3 aromatic rings. The van der Waals surface area contributed by atoms with E-state index in [1.165, 1.54) is 17.0 Å². The highest BCUT2D eigenvalue weighted by molar-refractivity contribution is 7.12. The minimum atomic E-state index is 0.0154. The summed E-state index contributed by atoms with van der Waals surface area (Å²) in [4.78, 5) is 15.7. The maximum atomic E-state index is 12.6. The number of para-hydroxylation sites is 1. The van der Waals surface area contributed by atoms with Gasteiger partial charge in [0.2, 0.25) is 0 Å². The molecule has 4 heteroatoms. The van der Waals surface area contributed by atoms with Gasteiger partial charge in [-0.15, -0.1) is 11.3 Å². The minimum Gasteiger partial charge on any atom is -0.372 e. The van der Waals surface area contributed by atoms with E-state index in [1.54, 1.807) is 0 Å². The number of nitrogens with one attached hydrogen (secondary N) is 1. The topological polar surface area (TPSA) is 32.3 Å². The number of anilines is 1. The van der Waals surface area contributed by atoms with Gasteiger partial charge in [-0.2, -0.15) is 0 Å². The van der Waals surface area contributed by atoms with Gasteiger partial charge in [-0.1, -0.05) is 48.5 Å². The summed E-state index contributed by atoms with van der Waals surface area (Å²) in [5.74, 6) is 0.0154. The molecule has 0 radical (unpaired) electrons. The molecule has 0 atom stereocenters. The van der Waals surface area contributed by atoms with Crippen LogP contribution in [0.15, 0.2) is 72.1 Å². The third-order valence-corrected chi connectivity index (χ3v) is 5.26. The van der Waals surface area contributed by atoms with Crippen LogP contribution in [0.5, 0.6) is 0 Å². The van der Waals surface area contributed by atoms with E-state index in [2.05, 4.69) is 41.4 Å². The highest BCUT2D eigenvalue weighted by Gasteiger charge is 2.14. The van der Waals surface area contributed by atoms with E-state index in [1.807, 2.05) is 47.8 Å². The van der Waals surface area contributed by atoms with E-state index in [4.69, 9.17) is 0 Å². The number of benzene rings is 2. The first-order valence-corrected chi connectivity index (χ1v) is 9.88. The van der Waals surface area contributed by atoms with E-state index in [0.717, 1.165) is 35.5 Å². The molecule has 26 heavy (non-hydrogen) atoms. The molecule has 2 aromatic carbocycles. The SMILES string of the molecule is CCN(CCCNC(=O)c1sccc1-c1ccccc1)c1ccccc1. The summed E-state index contributed by atoms with van der Waals surface area (Å²) >= 11 is 1.50. The number of thiophene rings is 1. The molecule has 134 valence electrons. The Kier molecular flexibility index (Phi) is 6.45. The van der Waals surface area contributed by atoms with E-state index in [-0.39, 0.29) is 5.91 Å². The number of hydrogen-bond acceptors (Lipinski definition) is 3. The van der Waals surface area contributed by atoms with E-state index in [9.17, 15) is 4.79 Å². The smallest absolute Gasteiger partial charge is 0.261 e. The summed E-state index contributed by atoms with van der Waals surface area (Å²) in [5, 5.41) is 5.05. The summed E-state index contributed by atoms with van der Waals surface area (Å²) < 4.78 is 0. The van der Waals surface area contributed by atoms with Crippen LogP contribution in [0.4, 0.5) is 5.69 Å². The predicted molar refractivity (Wildman–Crippen MR) is 111 cm³/mol. The quantitative estimate of drug-likeness (QED) is 0.567. The van der Waals surface area contributed by atoms with Crippen LogP contribution in [0.3, 0.4) is 0 Å². The second-order valence-corrected chi connectivity index (χ2v) is 6.97. The Bertz CT molecular complexity index is 814. The van der Waals surface area contributed by atoms with Gasteiger partial charge < -0.3 is 10.2 Å². The van der Waals surface area contributed by atoms with E-state index < -0.39 is 0 Å². The summed E-state index contributed by atoms with van der Waals surface area (Å²) in [6.45, 7) is 4.72. The first kappa shape index (κ1) is 18.2. The summed E-state index contributed by atoms with van der Waals surface area (Å²) in [5.41, 5.74) is 3.32. The monoisotopic (exact) mass is 364 g/mol. The van der Waals surface area contributed by atoms with Crippen molar-refractivity contribution in [2.24, 2.45) is 0 Å². The molecular formula is C22H24N2OS. The molecule has 3 nitrogen and oxygen atoms in total. The van der Waals surface area contributed by atoms with Crippen LogP contribution in [0.1, 0.15) is 23.0 Å². The van der Waals surface area contributed by atoms with Crippen molar-refractivity contribution >= 4 is 22.9 Å². The standard InChI is InChI=1S/C22H24N2OS/c1-2-24(19-12-7-4-8-13-19)16-9-15-23-22(25)21-20(14-17-26-21)18-10-5-3-6-11-18/h3-8,10-14,17H,2,9,15-16H2,1H3,(H,23,25). The maximum absolute atomic E-state index is 12.6. The summed E-state index contributed by atoms with van der Waals surface area (Å²) in [6, 6.07) is 22.5. The lowest BCUT2D eigenvalue weighted by Gasteiger charge is -2.23. The Morgan fingerprint density at radius 3 is 2.38 bits per heavy atom. The van der Waals surface area contributed by atoms with Gasteiger partial charge >= 0.3 is 0 Å². The van der Waals surface area contributed by atoms with Gasteiger partial charge in [0.1, 0.15) is 0 Å². The van der Waals surface area contributed by atoms with Gasteiger partial charge in [0, 0.05) is 30.9 Å². The average molecular weight is 365 g/mol. The zero-order valence-electron chi connectivity index (χ0n) is 15.0. The highest BCUT2D eigenvalue weighted by Crippen LogP contribution is 2.28. The molecule has 0 unspecified atom stereocenters. The van der Waals surface area contributed by atoms with Crippen molar-refractivity contribution in [2.45, 2.75) is 13.3 Å². The van der Waals surface area contributed by atoms with Crippen molar-refractivity contribution in [3.8, 4) is 11.1 Å². The molecule has 1 amide bonds. The van der Waals surface area contributed by atoms with Gasteiger partial charge in [0.25, 0.3) is 5.91 Å². The molecule has 0 bridgehead atoms. The number of rotatable bonds is 8. The lowest BCUT2D eigenvalue weighted by molar-refractivity contribution is 0.0958. The number of carbonyl (C=O) groups excluding carboxylic acids is 1. The Balaban J connectivity index is 1.53. The van der Waals surface area contributed by atoms with E-state index in [0.29, 0.717) is 6.54 Å². The third kappa shape index (κ3) is 4.52. The van der Waals surface area contributed by atoms with Crippen molar-refractivity contribution in [1.29, 1.82) is 0 Å². The van der Waals surface area contributed by atoms with E-state index >= 15 is 0 Å². The zero-order valence-corrected chi connectivity index (χ0v) is 15.8. The fourth-order valence-electron chi connectivity index (χ4n) is 2.99. The molecular weight excluding hydrogens is 340 g/mol. The highest BCUT2D eigenvalue weighted by atomic mass is 32.1. The lowest BCUT2D eigenvalue weighted by Crippen LogP contribution is -2.29. The first-order chi connectivity index (χ1) is 12.8. The van der Waals surface area contributed by atoms with Crippen molar-refractivity contribution in [3.05, 3.63) is 77.0 Å². The average Bonchev–Trinajstić information content (AvgIpc) is 3.19. The predicted octanol–water partition coefficient (Wildman–Crippen LogP) is 5.06. The number of amides is 1. The van der Waals surface area contributed by atoms with Crippen molar-refractivity contribution < 1.29 is 4.79 Å². The first-order valence-electron chi connectivity index (χ1n) is 9.00.